The Labute approximate surface area is 276 Å². The minimum Gasteiger partial charge on any atom is -0.481 e. The molecule has 15 heteroatoms. The van der Waals surface area contributed by atoms with Crippen molar-refractivity contribution in [3.05, 3.63) is 52.8 Å². The van der Waals surface area contributed by atoms with Crippen molar-refractivity contribution < 1.29 is 41.0 Å². The maximum absolute atomic E-state index is 13.7. The normalized spacial score (nSPS) is 20.3. The molecule has 1 N–H and O–H groups in total. The highest BCUT2D eigenvalue weighted by atomic mass is 19.4. The number of hydrazone groups is 1. The molecule has 0 radical (unpaired) electrons. The van der Waals surface area contributed by atoms with Crippen LogP contribution in [0.3, 0.4) is 0 Å². The predicted molar refractivity (Wildman–Crippen MR) is 167 cm³/mol. The fraction of sp³-hybridized carbons (Fsp3) is 0.606. The smallest absolute Gasteiger partial charge is 0.416 e. The van der Waals surface area contributed by atoms with Crippen molar-refractivity contribution in [1.82, 2.24) is 19.9 Å². The van der Waals surface area contributed by atoms with Gasteiger partial charge >= 0.3 is 18.3 Å². The molecule has 3 heterocycles. The van der Waals surface area contributed by atoms with Crippen LogP contribution < -0.4 is 4.90 Å². The first-order valence-electron chi connectivity index (χ1n) is 16.0. The molecule has 1 amide bonds. The van der Waals surface area contributed by atoms with Crippen LogP contribution in [0, 0.1) is 5.41 Å². The third-order valence-corrected chi connectivity index (χ3v) is 9.20. The van der Waals surface area contributed by atoms with Crippen LogP contribution >= 0.6 is 0 Å². The van der Waals surface area contributed by atoms with Crippen molar-refractivity contribution in [2.75, 3.05) is 25.0 Å². The van der Waals surface area contributed by atoms with Gasteiger partial charge < -0.3 is 14.9 Å². The molecule has 0 aliphatic carbocycles. The number of amides is 1. The molecule has 2 aliphatic heterocycles. The van der Waals surface area contributed by atoms with Crippen LogP contribution in [0.15, 0.2) is 35.7 Å². The Bertz CT molecular complexity index is 1430. The third kappa shape index (κ3) is 9.59. The van der Waals surface area contributed by atoms with E-state index in [1.165, 1.54) is 0 Å². The van der Waals surface area contributed by atoms with Gasteiger partial charge in [0.1, 0.15) is 0 Å². The van der Waals surface area contributed by atoms with Crippen LogP contribution in [0.25, 0.3) is 0 Å². The zero-order valence-corrected chi connectivity index (χ0v) is 27.5. The van der Waals surface area contributed by atoms with Gasteiger partial charge in [-0.1, -0.05) is 20.8 Å². The number of likely N-dealkylation sites (N-methyl/N-ethyl adjacent to an activating group) is 1. The third-order valence-electron chi connectivity index (χ3n) is 9.20. The summed E-state index contributed by atoms with van der Waals surface area (Å²) in [6.07, 6.45) is -2.50. The Hall–Kier alpha value is -3.91. The first-order chi connectivity index (χ1) is 22.4. The summed E-state index contributed by atoms with van der Waals surface area (Å²) in [5.41, 5.74) is -2.57. The summed E-state index contributed by atoms with van der Waals surface area (Å²) < 4.78 is 82.3. The number of aromatic nitrogens is 2. The van der Waals surface area contributed by atoms with Crippen LogP contribution in [-0.2, 0) is 28.5 Å². The largest absolute Gasteiger partial charge is 0.481 e. The number of alkyl halides is 6. The number of carbonyl (C=O) groups excluding carboxylic acids is 1. The average molecular weight is 685 g/mol. The zero-order valence-electron chi connectivity index (χ0n) is 27.5. The maximum atomic E-state index is 13.7. The number of hydrogen-bond acceptors (Lipinski definition) is 7. The molecule has 1 unspecified atom stereocenters. The number of aliphatic carboxylic acids is 1. The van der Waals surface area contributed by atoms with Gasteiger partial charge in [0.2, 0.25) is 11.9 Å². The monoisotopic (exact) mass is 684 g/mol. The van der Waals surface area contributed by atoms with E-state index in [9.17, 15) is 35.9 Å². The Morgan fingerprint density at radius 2 is 1.58 bits per heavy atom. The zero-order chi connectivity index (χ0) is 35.4. The summed E-state index contributed by atoms with van der Waals surface area (Å²) >= 11 is 0. The quantitative estimate of drug-likeness (QED) is 0.241. The fourth-order valence-electron chi connectivity index (χ4n) is 6.29. The summed E-state index contributed by atoms with van der Waals surface area (Å²) in [7, 11) is 1.82. The number of piperidine rings is 1. The number of rotatable bonds is 12. The van der Waals surface area contributed by atoms with E-state index < -0.39 is 29.4 Å². The van der Waals surface area contributed by atoms with Crippen LogP contribution in [0.2, 0.25) is 0 Å². The topological polar surface area (TPSA) is 102 Å². The van der Waals surface area contributed by atoms with Gasteiger partial charge in [-0.2, -0.15) is 31.4 Å². The highest BCUT2D eigenvalue weighted by Gasteiger charge is 2.39. The lowest BCUT2D eigenvalue weighted by Crippen LogP contribution is -2.52. The van der Waals surface area contributed by atoms with E-state index in [0.29, 0.717) is 45.2 Å². The highest BCUT2D eigenvalue weighted by molar-refractivity contribution is 5.76. The number of carbonyl (C=O) groups is 2. The lowest BCUT2D eigenvalue weighted by atomic mass is 9.82. The number of anilines is 1. The molecule has 0 bridgehead atoms. The molecule has 1 aromatic heterocycles. The maximum Gasteiger partial charge on any atom is 0.416 e. The van der Waals surface area contributed by atoms with Crippen LogP contribution in [0.5, 0.6) is 0 Å². The average Bonchev–Trinajstić information content (AvgIpc) is 3.46. The summed E-state index contributed by atoms with van der Waals surface area (Å²) in [6.45, 7) is 6.39. The second-order valence-electron chi connectivity index (χ2n) is 13.5. The molecule has 9 nitrogen and oxygen atoms in total. The number of hydrogen-bond donors (Lipinski definition) is 1. The Kier molecular flexibility index (Phi) is 11.3. The van der Waals surface area contributed by atoms with E-state index in [2.05, 4.69) is 15.1 Å². The lowest BCUT2D eigenvalue weighted by Gasteiger charge is -2.44. The van der Waals surface area contributed by atoms with Crippen molar-refractivity contribution in [3.8, 4) is 0 Å². The Morgan fingerprint density at radius 1 is 0.979 bits per heavy atom. The first kappa shape index (κ1) is 36.9. The molecule has 0 spiro atoms. The van der Waals surface area contributed by atoms with Gasteiger partial charge in [0, 0.05) is 76.1 Å². The van der Waals surface area contributed by atoms with Gasteiger partial charge in [-0.15, -0.1) is 0 Å². The minimum atomic E-state index is -4.99. The van der Waals surface area contributed by atoms with E-state index in [1.807, 2.05) is 27.8 Å². The van der Waals surface area contributed by atoms with E-state index in [4.69, 9.17) is 5.11 Å². The van der Waals surface area contributed by atoms with Crippen molar-refractivity contribution >= 4 is 24.0 Å². The van der Waals surface area contributed by atoms with Crippen molar-refractivity contribution in [2.24, 2.45) is 10.5 Å². The molecule has 264 valence electrons. The van der Waals surface area contributed by atoms with Gasteiger partial charge in [0.05, 0.1) is 11.1 Å². The lowest BCUT2D eigenvalue weighted by molar-refractivity contribution is -0.143. The number of benzene rings is 1. The molecule has 1 saturated heterocycles. The molecule has 2 aliphatic rings. The second kappa shape index (κ2) is 14.7. The van der Waals surface area contributed by atoms with Gasteiger partial charge in [-0.25, -0.2) is 9.97 Å². The van der Waals surface area contributed by atoms with Crippen molar-refractivity contribution in [2.45, 2.75) is 103 Å². The summed E-state index contributed by atoms with van der Waals surface area (Å²) in [6, 6.07) is 0.935. The van der Waals surface area contributed by atoms with Crippen LogP contribution in [-0.4, -0.2) is 75.3 Å². The molecule has 4 rings (SSSR count). The molecular weight excluding hydrogens is 642 g/mol. The summed E-state index contributed by atoms with van der Waals surface area (Å²) in [4.78, 5) is 36.9. The number of likely N-dealkylation sites (tertiary alicyclic amines) is 1. The molecule has 0 saturated carbocycles. The molecule has 1 aromatic carbocycles. The van der Waals surface area contributed by atoms with E-state index >= 15 is 0 Å². The highest BCUT2D eigenvalue weighted by Crippen LogP contribution is 2.38. The molecule has 1 fully saturated rings. The van der Waals surface area contributed by atoms with Gasteiger partial charge in [0.15, 0.2) is 0 Å². The summed E-state index contributed by atoms with van der Waals surface area (Å²) in [5.74, 6) is -0.881. The Morgan fingerprint density at radius 3 is 2.10 bits per heavy atom. The number of carboxylic acid groups (broad SMARTS) is 1. The van der Waals surface area contributed by atoms with Gasteiger partial charge in [-0.05, 0) is 66.8 Å². The molecular formula is C33H42F6N6O3. The van der Waals surface area contributed by atoms with E-state index in [1.54, 1.807) is 33.4 Å². The standard InChI is InChI=1S/C33H42F6N6O3/c1-5-26-15-27(8-11-44(26)28(46)6-9-31(2,3)10-7-29(47)48)45(30-40-16-22(17-41-30)23-18-42-43(4)20-23)19-21-12-24(32(34,35)36)14-25(13-21)33(37,38)39/h12-14,16-18,23,26-27H,5-11,15,19-20H2,1-4H3,(H,47,48)/t23?,26-,27-/m1/s1. The number of carboxylic acids is 1. The Balaban J connectivity index is 1.60. The van der Waals surface area contributed by atoms with Crippen molar-refractivity contribution in [1.29, 1.82) is 0 Å². The molecule has 48 heavy (non-hydrogen) atoms. The number of halogens is 6. The SMILES string of the molecule is CC[C@@H]1C[C@H](N(Cc2cc(C(F)(F)F)cc(C(F)(F)F)c2)c2ncc(C3C=NN(C)C3)cn2)CCN1C(=O)CCC(C)(C)CCC(=O)O. The van der Waals surface area contributed by atoms with Crippen molar-refractivity contribution in [3.63, 3.8) is 0 Å². The second-order valence-corrected chi connectivity index (χ2v) is 13.5. The summed E-state index contributed by atoms with van der Waals surface area (Å²) in [5, 5.41) is 15.0. The van der Waals surface area contributed by atoms with Crippen LogP contribution in [0.4, 0.5) is 32.3 Å². The predicted octanol–water partition coefficient (Wildman–Crippen LogP) is 6.98. The molecule has 2 aromatic rings. The minimum absolute atomic E-state index is 0.00465. The van der Waals surface area contributed by atoms with Gasteiger partial charge in [-0.3, -0.25) is 14.6 Å². The number of nitrogens with zero attached hydrogens (tertiary/aromatic N) is 6. The fourth-order valence-corrected chi connectivity index (χ4v) is 6.29. The van der Waals surface area contributed by atoms with E-state index in [-0.39, 0.29) is 66.3 Å². The van der Waals surface area contributed by atoms with Gasteiger partial charge in [0.25, 0.3) is 0 Å². The van der Waals surface area contributed by atoms with E-state index in [0.717, 1.165) is 17.7 Å². The molecule has 3 atom stereocenters. The first-order valence-corrected chi connectivity index (χ1v) is 16.0. The van der Waals surface area contributed by atoms with Crippen LogP contribution in [0.1, 0.15) is 93.9 Å².